The van der Waals surface area contributed by atoms with Gasteiger partial charge in [0.25, 0.3) is 0 Å². The second-order valence-electron chi connectivity index (χ2n) is 5.99. The number of carbonyl (C=O) groups is 1. The summed E-state index contributed by atoms with van der Waals surface area (Å²) in [6, 6.07) is 1.92. The SMILES string of the molecule is Cc1cnn(CCNC(=O)[C@@H]2CCCO[C@H]2c2ccnn2C)c1. The highest BCUT2D eigenvalue weighted by molar-refractivity contribution is 5.79. The molecular formula is C16H23N5O2. The van der Waals surface area contributed by atoms with Gasteiger partial charge in [-0.25, -0.2) is 0 Å². The van der Waals surface area contributed by atoms with Gasteiger partial charge in [-0.2, -0.15) is 10.2 Å². The van der Waals surface area contributed by atoms with Gasteiger partial charge in [-0.3, -0.25) is 14.2 Å². The summed E-state index contributed by atoms with van der Waals surface area (Å²) in [5.74, 6) is -0.127. The molecular weight excluding hydrogens is 294 g/mol. The molecule has 2 aromatic heterocycles. The van der Waals surface area contributed by atoms with Crippen LogP contribution in [0.3, 0.4) is 0 Å². The molecule has 3 rings (SSSR count). The smallest absolute Gasteiger partial charge is 0.226 e. The summed E-state index contributed by atoms with van der Waals surface area (Å²) >= 11 is 0. The molecule has 1 fully saturated rings. The highest BCUT2D eigenvalue weighted by Crippen LogP contribution is 2.33. The number of amides is 1. The Morgan fingerprint density at radius 1 is 1.48 bits per heavy atom. The van der Waals surface area contributed by atoms with E-state index in [2.05, 4.69) is 15.5 Å². The third-order valence-electron chi connectivity index (χ3n) is 4.21. The number of ether oxygens (including phenoxy) is 1. The summed E-state index contributed by atoms with van der Waals surface area (Å²) in [6.07, 6.45) is 7.04. The van der Waals surface area contributed by atoms with Crippen LogP contribution in [0.15, 0.2) is 24.7 Å². The lowest BCUT2D eigenvalue weighted by Gasteiger charge is -2.30. The van der Waals surface area contributed by atoms with Crippen molar-refractivity contribution in [2.75, 3.05) is 13.2 Å². The van der Waals surface area contributed by atoms with Gasteiger partial charge in [0.2, 0.25) is 5.91 Å². The van der Waals surface area contributed by atoms with Crippen LogP contribution >= 0.6 is 0 Å². The molecule has 0 unspecified atom stereocenters. The summed E-state index contributed by atoms with van der Waals surface area (Å²) in [6.45, 7) is 3.92. The van der Waals surface area contributed by atoms with Crippen LogP contribution < -0.4 is 5.32 Å². The highest BCUT2D eigenvalue weighted by Gasteiger charge is 2.34. The van der Waals surface area contributed by atoms with E-state index in [4.69, 9.17) is 4.74 Å². The average Bonchev–Trinajstić information content (AvgIpc) is 3.15. The molecule has 0 spiro atoms. The topological polar surface area (TPSA) is 74.0 Å². The molecule has 1 aliphatic rings. The van der Waals surface area contributed by atoms with E-state index in [1.807, 2.05) is 37.1 Å². The van der Waals surface area contributed by atoms with Gasteiger partial charge in [-0.15, -0.1) is 0 Å². The molecule has 0 aromatic carbocycles. The van der Waals surface area contributed by atoms with Crippen molar-refractivity contribution in [3.8, 4) is 0 Å². The monoisotopic (exact) mass is 317 g/mol. The molecule has 124 valence electrons. The first-order chi connectivity index (χ1) is 11.1. The van der Waals surface area contributed by atoms with Gasteiger partial charge >= 0.3 is 0 Å². The van der Waals surface area contributed by atoms with E-state index in [9.17, 15) is 4.79 Å². The Morgan fingerprint density at radius 2 is 2.35 bits per heavy atom. The number of carbonyl (C=O) groups excluding carboxylic acids is 1. The average molecular weight is 317 g/mol. The molecule has 23 heavy (non-hydrogen) atoms. The van der Waals surface area contributed by atoms with Crippen LogP contribution in [0.25, 0.3) is 0 Å². The van der Waals surface area contributed by atoms with Crippen molar-refractivity contribution in [1.82, 2.24) is 24.9 Å². The summed E-state index contributed by atoms with van der Waals surface area (Å²) in [7, 11) is 1.88. The number of aromatic nitrogens is 4. The van der Waals surface area contributed by atoms with Crippen LogP contribution in [0.5, 0.6) is 0 Å². The second-order valence-corrected chi connectivity index (χ2v) is 5.99. The van der Waals surface area contributed by atoms with E-state index in [-0.39, 0.29) is 17.9 Å². The summed E-state index contributed by atoms with van der Waals surface area (Å²) in [4.78, 5) is 12.6. The van der Waals surface area contributed by atoms with E-state index in [1.165, 1.54) is 0 Å². The lowest BCUT2D eigenvalue weighted by atomic mass is 9.91. The molecule has 0 bridgehead atoms. The minimum Gasteiger partial charge on any atom is -0.371 e. The zero-order valence-corrected chi connectivity index (χ0v) is 13.6. The first-order valence-electron chi connectivity index (χ1n) is 8.01. The van der Waals surface area contributed by atoms with Crippen LogP contribution in [-0.4, -0.2) is 38.6 Å². The van der Waals surface area contributed by atoms with Crippen molar-refractivity contribution in [3.63, 3.8) is 0 Å². The Hall–Kier alpha value is -2.15. The Balaban J connectivity index is 1.59. The Labute approximate surface area is 135 Å². The van der Waals surface area contributed by atoms with Crippen LogP contribution in [0, 0.1) is 12.8 Å². The van der Waals surface area contributed by atoms with Crippen molar-refractivity contribution in [2.24, 2.45) is 13.0 Å². The van der Waals surface area contributed by atoms with Crippen molar-refractivity contribution in [2.45, 2.75) is 32.4 Å². The molecule has 7 heteroatoms. The standard InChI is InChI=1S/C16H23N5O2/c1-12-10-19-21(11-12)8-7-17-16(22)13-4-3-9-23-15(13)14-5-6-18-20(14)2/h5-6,10-11,13,15H,3-4,7-9H2,1-2H3,(H,17,22)/t13-,15-/m1/s1. The van der Waals surface area contributed by atoms with Gasteiger partial charge in [0.05, 0.1) is 24.4 Å². The summed E-state index contributed by atoms with van der Waals surface area (Å²) in [5.41, 5.74) is 2.07. The Bertz CT molecular complexity index is 663. The number of nitrogens with one attached hydrogen (secondary N) is 1. The number of hydrogen-bond donors (Lipinski definition) is 1. The molecule has 3 heterocycles. The molecule has 0 radical (unpaired) electrons. The van der Waals surface area contributed by atoms with Gasteiger partial charge in [-0.05, 0) is 31.4 Å². The molecule has 1 saturated heterocycles. The van der Waals surface area contributed by atoms with E-state index in [1.54, 1.807) is 10.9 Å². The van der Waals surface area contributed by atoms with Crippen LogP contribution in [0.1, 0.15) is 30.2 Å². The van der Waals surface area contributed by atoms with Crippen LogP contribution in [0.2, 0.25) is 0 Å². The summed E-state index contributed by atoms with van der Waals surface area (Å²) < 4.78 is 9.49. The normalized spacial score (nSPS) is 21.3. The quantitative estimate of drug-likeness (QED) is 0.899. The van der Waals surface area contributed by atoms with E-state index < -0.39 is 0 Å². The van der Waals surface area contributed by atoms with E-state index >= 15 is 0 Å². The maximum Gasteiger partial charge on any atom is 0.226 e. The van der Waals surface area contributed by atoms with Gasteiger partial charge in [0.15, 0.2) is 0 Å². The fraction of sp³-hybridized carbons (Fsp3) is 0.562. The molecule has 2 atom stereocenters. The second kappa shape index (κ2) is 6.95. The van der Waals surface area contributed by atoms with Gasteiger partial charge in [0, 0.05) is 32.6 Å². The molecule has 0 aliphatic carbocycles. The zero-order valence-electron chi connectivity index (χ0n) is 13.6. The predicted molar refractivity (Wildman–Crippen MR) is 84.6 cm³/mol. The fourth-order valence-corrected chi connectivity index (χ4v) is 3.02. The number of rotatable bonds is 5. The predicted octanol–water partition coefficient (Wildman–Crippen LogP) is 1.21. The highest BCUT2D eigenvalue weighted by atomic mass is 16.5. The summed E-state index contributed by atoms with van der Waals surface area (Å²) in [5, 5.41) is 11.4. The number of nitrogens with zero attached hydrogens (tertiary/aromatic N) is 4. The van der Waals surface area contributed by atoms with E-state index in [0.717, 1.165) is 24.1 Å². The molecule has 0 saturated carbocycles. The molecule has 2 aromatic rings. The number of hydrogen-bond acceptors (Lipinski definition) is 4. The van der Waals surface area contributed by atoms with Gasteiger partial charge < -0.3 is 10.1 Å². The lowest BCUT2D eigenvalue weighted by Crippen LogP contribution is -2.39. The molecule has 1 N–H and O–H groups in total. The van der Waals surface area contributed by atoms with Crippen molar-refractivity contribution in [1.29, 1.82) is 0 Å². The Morgan fingerprint density at radius 3 is 3.04 bits per heavy atom. The molecule has 1 aliphatic heterocycles. The van der Waals surface area contributed by atoms with Crippen molar-refractivity contribution in [3.05, 3.63) is 35.9 Å². The minimum absolute atomic E-state index is 0.0415. The maximum absolute atomic E-state index is 12.6. The maximum atomic E-state index is 12.6. The van der Waals surface area contributed by atoms with Crippen LogP contribution in [-0.2, 0) is 23.1 Å². The lowest BCUT2D eigenvalue weighted by molar-refractivity contribution is -0.135. The van der Waals surface area contributed by atoms with E-state index in [0.29, 0.717) is 19.7 Å². The zero-order chi connectivity index (χ0) is 16.2. The molecule has 1 amide bonds. The molecule has 7 nitrogen and oxygen atoms in total. The van der Waals surface area contributed by atoms with Gasteiger partial charge in [0.1, 0.15) is 6.10 Å². The van der Waals surface area contributed by atoms with Crippen LogP contribution in [0.4, 0.5) is 0 Å². The minimum atomic E-state index is -0.219. The van der Waals surface area contributed by atoms with Gasteiger partial charge in [-0.1, -0.05) is 0 Å². The third-order valence-corrected chi connectivity index (χ3v) is 4.21. The Kier molecular flexibility index (Phi) is 4.76. The first-order valence-corrected chi connectivity index (χ1v) is 8.01. The fourth-order valence-electron chi connectivity index (χ4n) is 3.02. The van der Waals surface area contributed by atoms with Crippen molar-refractivity contribution < 1.29 is 9.53 Å². The third kappa shape index (κ3) is 3.61. The number of aryl methyl sites for hydroxylation is 2. The van der Waals surface area contributed by atoms with Crippen molar-refractivity contribution >= 4 is 5.91 Å². The largest absolute Gasteiger partial charge is 0.371 e. The first kappa shape index (κ1) is 15.7.